The Labute approximate surface area is 80.7 Å². The summed E-state index contributed by atoms with van der Waals surface area (Å²) < 4.78 is 0. The van der Waals surface area contributed by atoms with Crippen molar-refractivity contribution in [1.82, 2.24) is 5.32 Å². The summed E-state index contributed by atoms with van der Waals surface area (Å²) in [6, 6.07) is 0.751. The summed E-state index contributed by atoms with van der Waals surface area (Å²) >= 11 is 1.95. The van der Waals surface area contributed by atoms with Crippen molar-refractivity contribution in [3.8, 4) is 0 Å². The number of thioether (sulfide) groups is 1. The molecule has 0 aromatic rings. The molecule has 1 aliphatic rings. The first-order chi connectivity index (χ1) is 5.86. The van der Waals surface area contributed by atoms with Crippen LogP contribution >= 0.6 is 11.8 Å². The highest BCUT2D eigenvalue weighted by Crippen LogP contribution is 2.25. The minimum atomic E-state index is 0.751. The topological polar surface area (TPSA) is 12.0 Å². The third-order valence-electron chi connectivity index (χ3n) is 2.78. The summed E-state index contributed by atoms with van der Waals surface area (Å²) in [5.41, 5.74) is 0. The fourth-order valence-electron chi connectivity index (χ4n) is 1.55. The Hall–Kier alpha value is 0.310. The van der Waals surface area contributed by atoms with Crippen molar-refractivity contribution in [2.24, 2.45) is 5.92 Å². The lowest BCUT2D eigenvalue weighted by molar-refractivity contribution is 0.291. The zero-order valence-electron chi connectivity index (χ0n) is 8.31. The van der Waals surface area contributed by atoms with Gasteiger partial charge in [0.25, 0.3) is 0 Å². The maximum atomic E-state index is 3.65. The fourth-order valence-corrected chi connectivity index (χ4v) is 2.31. The summed E-state index contributed by atoms with van der Waals surface area (Å²) in [5.74, 6) is 2.27. The second-order valence-corrected chi connectivity index (χ2v) is 4.68. The van der Waals surface area contributed by atoms with E-state index in [0.29, 0.717) is 0 Å². The van der Waals surface area contributed by atoms with Crippen LogP contribution in [-0.2, 0) is 0 Å². The van der Waals surface area contributed by atoms with Crippen molar-refractivity contribution in [3.05, 3.63) is 0 Å². The molecule has 1 aliphatic carbocycles. The van der Waals surface area contributed by atoms with Gasteiger partial charge in [0.1, 0.15) is 0 Å². The number of hydrogen-bond donors (Lipinski definition) is 1. The molecule has 0 amide bonds. The first-order valence-electron chi connectivity index (χ1n) is 5.09. The number of rotatable bonds is 6. The van der Waals surface area contributed by atoms with Crippen molar-refractivity contribution in [2.45, 2.75) is 38.6 Å². The monoisotopic (exact) mass is 187 g/mol. The van der Waals surface area contributed by atoms with Gasteiger partial charge in [0.05, 0.1) is 0 Å². The van der Waals surface area contributed by atoms with E-state index in [0.717, 1.165) is 12.0 Å². The van der Waals surface area contributed by atoms with Gasteiger partial charge in [-0.25, -0.2) is 0 Å². The lowest BCUT2D eigenvalue weighted by atomic mass is 9.85. The standard InChI is InChI=1S/C10H21NS/c1-3-10(8-12-2)11-7-9-5-4-6-9/h9-11H,3-8H2,1-2H3. The van der Waals surface area contributed by atoms with E-state index in [1.54, 1.807) is 0 Å². The lowest BCUT2D eigenvalue weighted by Crippen LogP contribution is -2.36. The second-order valence-electron chi connectivity index (χ2n) is 3.77. The Morgan fingerprint density at radius 3 is 2.67 bits per heavy atom. The van der Waals surface area contributed by atoms with E-state index in [9.17, 15) is 0 Å². The molecule has 0 radical (unpaired) electrons. The highest BCUT2D eigenvalue weighted by Gasteiger charge is 2.17. The van der Waals surface area contributed by atoms with Crippen LogP contribution in [0.3, 0.4) is 0 Å². The van der Waals surface area contributed by atoms with Crippen LogP contribution in [0, 0.1) is 5.92 Å². The fraction of sp³-hybridized carbons (Fsp3) is 1.00. The molecule has 1 atom stereocenters. The molecule has 0 saturated heterocycles. The van der Waals surface area contributed by atoms with Gasteiger partial charge >= 0.3 is 0 Å². The minimum absolute atomic E-state index is 0.751. The van der Waals surface area contributed by atoms with Crippen LogP contribution in [0.1, 0.15) is 32.6 Å². The molecule has 0 heterocycles. The largest absolute Gasteiger partial charge is 0.313 e. The van der Waals surface area contributed by atoms with Crippen molar-refractivity contribution in [3.63, 3.8) is 0 Å². The molecular formula is C10H21NS. The maximum Gasteiger partial charge on any atom is 0.0155 e. The van der Waals surface area contributed by atoms with E-state index >= 15 is 0 Å². The zero-order chi connectivity index (χ0) is 8.81. The van der Waals surface area contributed by atoms with Crippen LogP contribution in [0.15, 0.2) is 0 Å². The highest BCUT2D eigenvalue weighted by molar-refractivity contribution is 7.98. The van der Waals surface area contributed by atoms with Gasteiger partial charge in [0.2, 0.25) is 0 Å². The molecule has 1 unspecified atom stereocenters. The molecular weight excluding hydrogens is 166 g/mol. The summed E-state index contributed by atoms with van der Waals surface area (Å²) in [6.45, 7) is 3.54. The van der Waals surface area contributed by atoms with E-state index < -0.39 is 0 Å². The molecule has 2 heteroatoms. The van der Waals surface area contributed by atoms with Gasteiger partial charge in [-0.05, 0) is 38.0 Å². The predicted molar refractivity (Wildman–Crippen MR) is 57.8 cm³/mol. The molecule has 0 aliphatic heterocycles. The number of nitrogens with one attached hydrogen (secondary N) is 1. The van der Waals surface area contributed by atoms with Crippen LogP contribution in [0.5, 0.6) is 0 Å². The molecule has 1 fully saturated rings. The molecule has 0 bridgehead atoms. The molecule has 1 N–H and O–H groups in total. The van der Waals surface area contributed by atoms with Crippen LogP contribution in [-0.4, -0.2) is 24.6 Å². The molecule has 0 aromatic carbocycles. The average molecular weight is 187 g/mol. The van der Waals surface area contributed by atoms with Crippen LogP contribution < -0.4 is 5.32 Å². The lowest BCUT2D eigenvalue weighted by Gasteiger charge is -2.27. The first-order valence-corrected chi connectivity index (χ1v) is 6.48. The minimum Gasteiger partial charge on any atom is -0.313 e. The average Bonchev–Trinajstić information content (AvgIpc) is 2.00. The summed E-state index contributed by atoms with van der Waals surface area (Å²) in [6.07, 6.45) is 7.85. The Morgan fingerprint density at radius 2 is 2.25 bits per heavy atom. The van der Waals surface area contributed by atoms with E-state index in [1.165, 1.54) is 38.0 Å². The third-order valence-corrected chi connectivity index (χ3v) is 3.52. The summed E-state index contributed by atoms with van der Waals surface area (Å²) in [5, 5.41) is 3.65. The maximum absolute atomic E-state index is 3.65. The van der Waals surface area contributed by atoms with Gasteiger partial charge in [0.15, 0.2) is 0 Å². The van der Waals surface area contributed by atoms with Crippen molar-refractivity contribution in [2.75, 3.05) is 18.6 Å². The molecule has 1 nitrogen and oxygen atoms in total. The van der Waals surface area contributed by atoms with E-state index in [2.05, 4.69) is 18.5 Å². The number of hydrogen-bond acceptors (Lipinski definition) is 2. The van der Waals surface area contributed by atoms with E-state index in [1.807, 2.05) is 11.8 Å². The van der Waals surface area contributed by atoms with Gasteiger partial charge in [-0.2, -0.15) is 11.8 Å². The quantitative estimate of drug-likeness (QED) is 0.686. The molecule has 1 saturated carbocycles. The van der Waals surface area contributed by atoms with E-state index in [4.69, 9.17) is 0 Å². The Kier molecular flexibility index (Phi) is 5.08. The van der Waals surface area contributed by atoms with Gasteiger partial charge in [-0.3, -0.25) is 0 Å². The van der Waals surface area contributed by atoms with Crippen molar-refractivity contribution in [1.29, 1.82) is 0 Å². The molecule has 72 valence electrons. The van der Waals surface area contributed by atoms with Crippen molar-refractivity contribution < 1.29 is 0 Å². The SMILES string of the molecule is CCC(CSC)NCC1CCC1. The predicted octanol–water partition coefficient (Wildman–Crippen LogP) is 2.52. The molecule has 0 spiro atoms. The first kappa shape index (κ1) is 10.4. The van der Waals surface area contributed by atoms with Gasteiger partial charge in [0, 0.05) is 11.8 Å². The summed E-state index contributed by atoms with van der Waals surface area (Å²) in [4.78, 5) is 0. The van der Waals surface area contributed by atoms with E-state index in [-0.39, 0.29) is 0 Å². The molecule has 12 heavy (non-hydrogen) atoms. The third kappa shape index (κ3) is 3.36. The Balaban J connectivity index is 2.01. The normalized spacial score (nSPS) is 20.5. The van der Waals surface area contributed by atoms with Gasteiger partial charge in [-0.15, -0.1) is 0 Å². The zero-order valence-corrected chi connectivity index (χ0v) is 9.12. The van der Waals surface area contributed by atoms with Crippen LogP contribution in [0.4, 0.5) is 0 Å². The second kappa shape index (κ2) is 5.87. The highest BCUT2D eigenvalue weighted by atomic mass is 32.2. The smallest absolute Gasteiger partial charge is 0.0155 e. The van der Waals surface area contributed by atoms with Crippen molar-refractivity contribution >= 4 is 11.8 Å². The van der Waals surface area contributed by atoms with Crippen LogP contribution in [0.2, 0.25) is 0 Å². The summed E-state index contributed by atoms with van der Waals surface area (Å²) in [7, 11) is 0. The van der Waals surface area contributed by atoms with Gasteiger partial charge in [-0.1, -0.05) is 13.3 Å². The molecule has 0 aromatic heterocycles. The Morgan fingerprint density at radius 1 is 1.50 bits per heavy atom. The molecule has 1 rings (SSSR count). The van der Waals surface area contributed by atoms with Gasteiger partial charge < -0.3 is 5.32 Å². The Bertz CT molecular complexity index is 112. The van der Waals surface area contributed by atoms with Crippen LogP contribution in [0.25, 0.3) is 0 Å².